The molecule has 5 rings (SSSR count). The first-order valence-electron chi connectivity index (χ1n) is 11.3. The Morgan fingerprint density at radius 2 is 1.51 bits per heavy atom. The summed E-state index contributed by atoms with van der Waals surface area (Å²) < 4.78 is 0. The minimum Gasteiger partial charge on any atom is -0.361 e. The van der Waals surface area contributed by atoms with Crippen LogP contribution in [0.2, 0.25) is 0 Å². The maximum absolute atomic E-state index is 13.3. The molecule has 0 bridgehead atoms. The van der Waals surface area contributed by atoms with Crippen molar-refractivity contribution in [3.63, 3.8) is 0 Å². The number of benzene rings is 3. The molecule has 0 radical (unpaired) electrons. The molecule has 0 aliphatic heterocycles. The Bertz CT molecular complexity index is 1430. The predicted octanol–water partition coefficient (Wildman–Crippen LogP) is 5.95. The van der Waals surface area contributed by atoms with Gasteiger partial charge in [-0.3, -0.25) is 9.59 Å². The van der Waals surface area contributed by atoms with Crippen LogP contribution < -0.4 is 16.0 Å². The molecule has 2 amide bonds. The Morgan fingerprint density at radius 3 is 2.29 bits per heavy atom. The highest BCUT2D eigenvalue weighted by molar-refractivity contribution is 7.12. The van der Waals surface area contributed by atoms with Gasteiger partial charge in [-0.1, -0.05) is 42.5 Å². The molecule has 3 aromatic carbocycles. The summed E-state index contributed by atoms with van der Waals surface area (Å²) in [4.78, 5) is 29.9. The summed E-state index contributed by atoms with van der Waals surface area (Å²) in [5, 5.41) is 12.1. The Balaban J connectivity index is 1.32. The lowest BCUT2D eigenvalue weighted by atomic mass is 10.0. The smallest absolute Gasteiger partial charge is 0.262 e. The van der Waals surface area contributed by atoms with E-state index in [9.17, 15) is 9.59 Å². The van der Waals surface area contributed by atoms with Gasteiger partial charge in [-0.15, -0.1) is 11.3 Å². The highest BCUT2D eigenvalue weighted by atomic mass is 32.1. The van der Waals surface area contributed by atoms with Crippen LogP contribution in [0.25, 0.3) is 10.9 Å². The van der Waals surface area contributed by atoms with Crippen molar-refractivity contribution in [3.8, 4) is 0 Å². The third-order valence-electron chi connectivity index (χ3n) is 5.68. The molecule has 6 nitrogen and oxygen atoms in total. The monoisotopic (exact) mass is 480 g/mol. The molecule has 2 heterocycles. The summed E-state index contributed by atoms with van der Waals surface area (Å²) in [5.41, 5.74) is 4.51. The van der Waals surface area contributed by atoms with Crippen molar-refractivity contribution in [1.82, 2.24) is 10.3 Å². The fourth-order valence-corrected chi connectivity index (χ4v) is 4.55. The summed E-state index contributed by atoms with van der Waals surface area (Å²) in [5.74, 6) is -0.536. The predicted molar refractivity (Wildman–Crippen MR) is 142 cm³/mol. The minimum absolute atomic E-state index is 0.262. The third kappa shape index (κ3) is 5.42. The van der Waals surface area contributed by atoms with Crippen LogP contribution in [0.15, 0.2) is 103 Å². The molecule has 1 atom stereocenters. The Morgan fingerprint density at radius 1 is 0.800 bits per heavy atom. The van der Waals surface area contributed by atoms with Crippen LogP contribution >= 0.6 is 11.3 Å². The first kappa shape index (κ1) is 22.4. The van der Waals surface area contributed by atoms with E-state index in [1.165, 1.54) is 11.3 Å². The minimum atomic E-state index is -0.745. The Labute approximate surface area is 207 Å². The van der Waals surface area contributed by atoms with Gasteiger partial charge < -0.3 is 20.9 Å². The number of carbonyl (C=O) groups is 2. The van der Waals surface area contributed by atoms with E-state index < -0.39 is 6.04 Å². The van der Waals surface area contributed by atoms with Gasteiger partial charge in [0.15, 0.2) is 0 Å². The van der Waals surface area contributed by atoms with Gasteiger partial charge in [-0.2, -0.15) is 0 Å². The average Bonchev–Trinajstić information content (AvgIpc) is 3.56. The van der Waals surface area contributed by atoms with E-state index in [1.54, 1.807) is 6.07 Å². The lowest BCUT2D eigenvalue weighted by Gasteiger charge is -2.18. The van der Waals surface area contributed by atoms with Crippen molar-refractivity contribution in [2.75, 3.05) is 10.6 Å². The second-order valence-electron chi connectivity index (χ2n) is 8.12. The largest absolute Gasteiger partial charge is 0.361 e. The van der Waals surface area contributed by atoms with Crippen LogP contribution in [0.3, 0.4) is 0 Å². The molecule has 2 aromatic heterocycles. The van der Waals surface area contributed by atoms with E-state index in [2.05, 4.69) is 20.9 Å². The fraction of sp³-hybridized carbons (Fsp3) is 0.0714. The highest BCUT2D eigenvalue weighted by Gasteiger charge is 2.24. The van der Waals surface area contributed by atoms with E-state index in [0.717, 1.165) is 27.8 Å². The van der Waals surface area contributed by atoms with Crippen molar-refractivity contribution >= 4 is 51.1 Å². The van der Waals surface area contributed by atoms with Gasteiger partial charge in [0, 0.05) is 40.6 Å². The number of amides is 2. The van der Waals surface area contributed by atoms with Crippen LogP contribution in [0, 0.1) is 0 Å². The molecule has 0 unspecified atom stereocenters. The number of aromatic amines is 1. The van der Waals surface area contributed by atoms with Gasteiger partial charge in [0.1, 0.15) is 6.04 Å². The summed E-state index contributed by atoms with van der Waals surface area (Å²) in [7, 11) is 0. The molecule has 174 valence electrons. The Hall–Kier alpha value is -4.36. The second-order valence-corrected chi connectivity index (χ2v) is 9.07. The maximum Gasteiger partial charge on any atom is 0.262 e. The van der Waals surface area contributed by atoms with Crippen LogP contribution in [-0.4, -0.2) is 22.8 Å². The molecular weight excluding hydrogens is 456 g/mol. The lowest BCUT2D eigenvalue weighted by molar-refractivity contribution is -0.118. The molecule has 35 heavy (non-hydrogen) atoms. The molecule has 0 saturated carbocycles. The van der Waals surface area contributed by atoms with Crippen molar-refractivity contribution in [2.24, 2.45) is 0 Å². The molecular formula is C28H24N4O2S. The first-order valence-corrected chi connectivity index (χ1v) is 12.2. The standard InChI is InChI=1S/C28H24N4O2S/c33-27(31-22-14-12-21(13-15-22)30-20-7-2-1-3-8-20)25(32-28(34)26-11-6-16-35-26)17-19-18-29-24-10-5-4-9-23(19)24/h1-16,18,25,29-30H,17H2,(H,31,33)(H,32,34)/t25-/m0/s1. The molecule has 0 aliphatic carbocycles. The van der Waals surface area contributed by atoms with Crippen LogP contribution in [0.5, 0.6) is 0 Å². The van der Waals surface area contributed by atoms with Gasteiger partial charge in [-0.05, 0) is 59.5 Å². The van der Waals surface area contributed by atoms with Crippen molar-refractivity contribution < 1.29 is 9.59 Å². The maximum atomic E-state index is 13.3. The zero-order valence-corrected chi connectivity index (χ0v) is 19.6. The van der Waals surface area contributed by atoms with Crippen molar-refractivity contribution in [2.45, 2.75) is 12.5 Å². The number of para-hydroxylation sites is 2. The molecule has 0 aliphatic rings. The van der Waals surface area contributed by atoms with Gasteiger partial charge in [0.2, 0.25) is 5.91 Å². The summed E-state index contributed by atoms with van der Waals surface area (Å²) in [6.45, 7) is 0. The molecule has 7 heteroatoms. The second kappa shape index (κ2) is 10.3. The quantitative estimate of drug-likeness (QED) is 0.221. The summed E-state index contributed by atoms with van der Waals surface area (Å²) in [6, 6.07) is 28.1. The van der Waals surface area contributed by atoms with Crippen molar-refractivity contribution in [3.05, 3.63) is 113 Å². The average molecular weight is 481 g/mol. The van der Waals surface area contributed by atoms with Gasteiger partial charge >= 0.3 is 0 Å². The number of fused-ring (bicyclic) bond motifs is 1. The van der Waals surface area contributed by atoms with Crippen LogP contribution in [0.1, 0.15) is 15.2 Å². The van der Waals surface area contributed by atoms with E-state index in [0.29, 0.717) is 17.0 Å². The number of aromatic nitrogens is 1. The summed E-state index contributed by atoms with van der Waals surface area (Å²) in [6.07, 6.45) is 2.26. The zero-order valence-electron chi connectivity index (χ0n) is 18.8. The highest BCUT2D eigenvalue weighted by Crippen LogP contribution is 2.21. The fourth-order valence-electron chi connectivity index (χ4n) is 3.92. The number of hydrogen-bond donors (Lipinski definition) is 4. The SMILES string of the molecule is O=C(N[C@@H](Cc1c[nH]c2ccccc12)C(=O)Nc1ccc(Nc2ccccc2)cc1)c1cccs1. The van der Waals surface area contributed by atoms with Gasteiger partial charge in [0.05, 0.1) is 4.88 Å². The lowest BCUT2D eigenvalue weighted by Crippen LogP contribution is -2.45. The molecule has 0 fully saturated rings. The molecule has 0 saturated heterocycles. The number of rotatable bonds is 8. The Kier molecular flexibility index (Phi) is 6.59. The number of anilines is 3. The van der Waals surface area contributed by atoms with Gasteiger partial charge in [-0.25, -0.2) is 0 Å². The topological polar surface area (TPSA) is 86.0 Å². The number of thiophene rings is 1. The van der Waals surface area contributed by atoms with E-state index in [1.807, 2.05) is 96.5 Å². The van der Waals surface area contributed by atoms with Crippen LogP contribution in [0.4, 0.5) is 17.1 Å². The molecule has 4 N–H and O–H groups in total. The number of carbonyl (C=O) groups excluding carboxylic acids is 2. The third-order valence-corrected chi connectivity index (χ3v) is 6.55. The van der Waals surface area contributed by atoms with E-state index >= 15 is 0 Å². The number of H-pyrrole nitrogens is 1. The number of hydrogen-bond acceptors (Lipinski definition) is 4. The van der Waals surface area contributed by atoms with Crippen LogP contribution in [-0.2, 0) is 11.2 Å². The first-order chi connectivity index (χ1) is 17.2. The van der Waals surface area contributed by atoms with Gasteiger partial charge in [0.25, 0.3) is 5.91 Å². The zero-order chi connectivity index (χ0) is 24.0. The van der Waals surface area contributed by atoms with E-state index in [-0.39, 0.29) is 11.8 Å². The van der Waals surface area contributed by atoms with E-state index in [4.69, 9.17) is 0 Å². The van der Waals surface area contributed by atoms with Crippen molar-refractivity contribution in [1.29, 1.82) is 0 Å². The summed E-state index contributed by atoms with van der Waals surface area (Å²) >= 11 is 1.34. The molecule has 0 spiro atoms. The number of nitrogens with one attached hydrogen (secondary N) is 4. The molecule has 5 aromatic rings. The normalized spacial score (nSPS) is 11.7.